The van der Waals surface area contributed by atoms with E-state index >= 15 is 0 Å². The Morgan fingerprint density at radius 2 is 1.66 bits per heavy atom. The Morgan fingerprint density at radius 3 is 2.26 bits per heavy atom. The van der Waals surface area contributed by atoms with E-state index in [1.54, 1.807) is 12.1 Å². The fraction of sp³-hybridized carbons (Fsp3) is 0.444. The average Bonchev–Trinajstić information content (AvgIpc) is 3.23. The number of nitrogens with one attached hydrogen (secondary N) is 1. The van der Waals surface area contributed by atoms with Crippen molar-refractivity contribution < 1.29 is 14.3 Å². The number of hydrogen-bond donors (Lipinski definition) is 2. The van der Waals surface area contributed by atoms with Crippen molar-refractivity contribution in [2.75, 3.05) is 32.1 Å². The monoisotopic (exact) mass is 479 g/mol. The van der Waals surface area contributed by atoms with Crippen molar-refractivity contribution in [2.45, 2.75) is 52.5 Å². The molecule has 1 amide bonds. The molecule has 1 aromatic heterocycles. The Bertz CT molecular complexity index is 1120. The molecular weight excluding hydrogens is 442 g/mol. The molecule has 1 heterocycles. The molecule has 35 heavy (non-hydrogen) atoms. The number of hydrogen-bond acceptors (Lipinski definition) is 6. The first kappa shape index (κ1) is 26.2. The summed E-state index contributed by atoms with van der Waals surface area (Å²) >= 11 is 0. The highest BCUT2D eigenvalue weighted by atomic mass is 16.5. The normalized spacial score (nSPS) is 11.0. The summed E-state index contributed by atoms with van der Waals surface area (Å²) in [7, 11) is 1.36. The average molecular weight is 480 g/mol. The number of methoxy groups -OCH3 is 1. The van der Waals surface area contributed by atoms with Crippen LogP contribution in [0.2, 0.25) is 0 Å². The summed E-state index contributed by atoms with van der Waals surface area (Å²) in [6.45, 7) is 7.04. The first-order chi connectivity index (χ1) is 17.0. The van der Waals surface area contributed by atoms with E-state index in [4.69, 9.17) is 15.5 Å². The van der Waals surface area contributed by atoms with Crippen LogP contribution in [0.25, 0.3) is 11.0 Å². The lowest BCUT2D eigenvalue weighted by molar-refractivity contribution is 0.0600. The summed E-state index contributed by atoms with van der Waals surface area (Å²) in [4.78, 5) is 31.8. The van der Waals surface area contributed by atoms with Gasteiger partial charge in [-0.25, -0.2) is 9.78 Å². The summed E-state index contributed by atoms with van der Waals surface area (Å²) in [5, 5.41) is 3.35. The lowest BCUT2D eigenvalue weighted by Crippen LogP contribution is -2.33. The lowest BCUT2D eigenvalue weighted by atomic mass is 10.1. The zero-order chi connectivity index (χ0) is 25.2. The molecule has 0 fully saturated rings. The van der Waals surface area contributed by atoms with Crippen LogP contribution in [-0.4, -0.2) is 53.1 Å². The number of benzene rings is 2. The van der Waals surface area contributed by atoms with Gasteiger partial charge in [0.05, 0.1) is 23.7 Å². The molecule has 0 saturated carbocycles. The van der Waals surface area contributed by atoms with E-state index in [0.29, 0.717) is 30.2 Å². The molecule has 0 atom stereocenters. The molecule has 8 nitrogen and oxygen atoms in total. The molecule has 0 bridgehead atoms. The minimum absolute atomic E-state index is 0.0632. The van der Waals surface area contributed by atoms with Gasteiger partial charge in [0, 0.05) is 30.9 Å². The fourth-order valence-electron chi connectivity index (χ4n) is 3.96. The Morgan fingerprint density at radius 1 is 1.00 bits per heavy atom. The molecule has 0 saturated heterocycles. The van der Waals surface area contributed by atoms with Crippen molar-refractivity contribution in [3.05, 3.63) is 53.6 Å². The first-order valence-electron chi connectivity index (χ1n) is 12.5. The summed E-state index contributed by atoms with van der Waals surface area (Å²) < 4.78 is 6.83. The van der Waals surface area contributed by atoms with E-state index in [1.807, 2.05) is 35.2 Å². The van der Waals surface area contributed by atoms with Crippen LogP contribution in [0, 0.1) is 0 Å². The topological polar surface area (TPSA) is 102 Å². The number of nitrogens with two attached hydrogens (primary N) is 1. The van der Waals surface area contributed by atoms with Crippen LogP contribution in [0.5, 0.6) is 0 Å². The molecule has 0 aliphatic rings. The van der Waals surface area contributed by atoms with E-state index in [2.05, 4.69) is 23.7 Å². The second-order valence-electron chi connectivity index (χ2n) is 8.63. The molecule has 3 aromatic rings. The molecule has 0 aliphatic carbocycles. The molecule has 0 unspecified atom stereocenters. The lowest BCUT2D eigenvalue weighted by Gasteiger charge is -2.22. The maximum atomic E-state index is 13.4. The van der Waals surface area contributed by atoms with Crippen LogP contribution in [0.1, 0.15) is 66.7 Å². The molecular formula is C27H37N5O3. The third-order valence-electron chi connectivity index (χ3n) is 5.99. The van der Waals surface area contributed by atoms with Gasteiger partial charge in [0.15, 0.2) is 0 Å². The van der Waals surface area contributed by atoms with E-state index in [-0.39, 0.29) is 11.9 Å². The van der Waals surface area contributed by atoms with E-state index in [9.17, 15) is 9.59 Å². The predicted octanol–water partition coefficient (Wildman–Crippen LogP) is 4.96. The highest BCUT2D eigenvalue weighted by Gasteiger charge is 2.18. The Labute approximate surface area is 207 Å². The Kier molecular flexibility index (Phi) is 9.66. The van der Waals surface area contributed by atoms with Crippen LogP contribution in [-0.2, 0) is 11.3 Å². The maximum absolute atomic E-state index is 13.4. The van der Waals surface area contributed by atoms with Crippen molar-refractivity contribution in [1.82, 2.24) is 14.5 Å². The molecule has 0 radical (unpaired) electrons. The third kappa shape index (κ3) is 6.60. The van der Waals surface area contributed by atoms with Crippen molar-refractivity contribution >= 4 is 34.5 Å². The first-order valence-corrected chi connectivity index (χ1v) is 12.5. The number of aryl methyl sites for hydroxylation is 1. The van der Waals surface area contributed by atoms with Crippen molar-refractivity contribution in [1.29, 1.82) is 0 Å². The number of fused-ring (bicyclic) bond motifs is 1. The van der Waals surface area contributed by atoms with Gasteiger partial charge < -0.3 is 25.3 Å². The highest BCUT2D eigenvalue weighted by Crippen LogP contribution is 2.25. The van der Waals surface area contributed by atoms with Crippen LogP contribution >= 0.6 is 0 Å². The number of nitrogens with zero attached hydrogens (tertiary/aromatic N) is 3. The van der Waals surface area contributed by atoms with Gasteiger partial charge in [-0.2, -0.15) is 0 Å². The number of imidazole rings is 1. The quantitative estimate of drug-likeness (QED) is 0.336. The van der Waals surface area contributed by atoms with Gasteiger partial charge in [0.25, 0.3) is 5.91 Å². The zero-order valence-corrected chi connectivity index (χ0v) is 21.0. The van der Waals surface area contributed by atoms with Crippen LogP contribution in [0.4, 0.5) is 11.6 Å². The summed E-state index contributed by atoms with van der Waals surface area (Å²) in [5.74, 6) is 0.349. The van der Waals surface area contributed by atoms with Gasteiger partial charge in [0.1, 0.15) is 0 Å². The summed E-state index contributed by atoms with van der Waals surface area (Å²) in [5.41, 5.74) is 9.45. The Balaban J connectivity index is 1.92. The molecule has 2 aromatic carbocycles. The standard InChI is InChI=1S/C27H37N5O3/c1-4-6-16-31(17-7-5-2)25(33)21-11-14-23-24(19-21)32(18-8-15-28)27(30-23)29-22-12-9-20(10-13-22)26(34)35-3/h9-14,19H,4-8,15-18,28H2,1-3H3,(H,29,30). The molecule has 0 aliphatic heterocycles. The minimum atomic E-state index is -0.379. The van der Waals surface area contributed by atoms with Gasteiger partial charge in [-0.15, -0.1) is 0 Å². The number of amides is 1. The van der Waals surface area contributed by atoms with E-state index in [0.717, 1.165) is 61.9 Å². The van der Waals surface area contributed by atoms with E-state index in [1.165, 1.54) is 7.11 Å². The smallest absolute Gasteiger partial charge is 0.337 e. The number of aromatic nitrogens is 2. The molecule has 0 spiro atoms. The largest absolute Gasteiger partial charge is 0.465 e. The minimum Gasteiger partial charge on any atom is -0.465 e. The second kappa shape index (κ2) is 12.9. The molecule has 8 heteroatoms. The van der Waals surface area contributed by atoms with Gasteiger partial charge in [-0.1, -0.05) is 26.7 Å². The van der Waals surface area contributed by atoms with Crippen LogP contribution < -0.4 is 11.1 Å². The maximum Gasteiger partial charge on any atom is 0.337 e. The van der Waals surface area contributed by atoms with Crippen LogP contribution in [0.3, 0.4) is 0 Å². The number of anilines is 2. The fourth-order valence-corrected chi connectivity index (χ4v) is 3.96. The van der Waals surface area contributed by atoms with Gasteiger partial charge in [0.2, 0.25) is 5.95 Å². The SMILES string of the molecule is CCCCN(CCCC)C(=O)c1ccc2nc(Nc3ccc(C(=O)OC)cc3)n(CCCN)c2c1. The van der Waals surface area contributed by atoms with Crippen molar-refractivity contribution in [3.63, 3.8) is 0 Å². The second-order valence-corrected chi connectivity index (χ2v) is 8.63. The number of ether oxygens (including phenoxy) is 1. The molecule has 188 valence electrons. The number of carbonyl (C=O) groups is 2. The van der Waals surface area contributed by atoms with Gasteiger partial charge >= 0.3 is 5.97 Å². The van der Waals surface area contributed by atoms with Gasteiger partial charge in [-0.3, -0.25) is 4.79 Å². The summed E-state index contributed by atoms with van der Waals surface area (Å²) in [6.07, 6.45) is 4.87. The van der Waals surface area contributed by atoms with E-state index < -0.39 is 0 Å². The Hall–Kier alpha value is -3.39. The number of rotatable bonds is 13. The number of unbranched alkanes of at least 4 members (excludes halogenated alkanes) is 2. The van der Waals surface area contributed by atoms with Crippen molar-refractivity contribution in [3.8, 4) is 0 Å². The third-order valence-corrected chi connectivity index (χ3v) is 5.99. The number of carbonyl (C=O) groups excluding carboxylic acids is 2. The molecule has 3 rings (SSSR count). The van der Waals surface area contributed by atoms with Gasteiger partial charge in [-0.05, 0) is 68.3 Å². The summed E-state index contributed by atoms with van der Waals surface area (Å²) in [6, 6.07) is 12.8. The molecule has 3 N–H and O–H groups in total. The highest BCUT2D eigenvalue weighted by molar-refractivity contribution is 5.98. The zero-order valence-electron chi connectivity index (χ0n) is 21.0. The van der Waals surface area contributed by atoms with Crippen LogP contribution in [0.15, 0.2) is 42.5 Å². The number of esters is 1. The van der Waals surface area contributed by atoms with Crippen molar-refractivity contribution in [2.24, 2.45) is 5.73 Å². The predicted molar refractivity (Wildman–Crippen MR) is 140 cm³/mol.